The van der Waals surface area contributed by atoms with E-state index < -0.39 is 0 Å². The average Bonchev–Trinajstić information content (AvgIpc) is 2.79. The minimum atomic E-state index is 0.0754. The highest BCUT2D eigenvalue weighted by atomic mass is 16.2. The fraction of sp³-hybridized carbons (Fsp3) is 0.320. The van der Waals surface area contributed by atoms with Gasteiger partial charge in [-0.2, -0.15) is 0 Å². The van der Waals surface area contributed by atoms with Gasteiger partial charge in [-0.15, -0.1) is 10.2 Å². The molecule has 1 aliphatic carbocycles. The molecule has 0 unspecified atom stereocenters. The molecule has 1 heterocycles. The summed E-state index contributed by atoms with van der Waals surface area (Å²) in [5.74, 6) is 0.725. The van der Waals surface area contributed by atoms with Gasteiger partial charge in [-0.25, -0.2) is 0 Å². The maximum Gasteiger partial charge on any atom is 0.253 e. The summed E-state index contributed by atoms with van der Waals surface area (Å²) in [6, 6.07) is 20.0. The molecule has 3 aromatic rings. The Morgan fingerprint density at radius 2 is 1.77 bits per heavy atom. The molecule has 30 heavy (non-hydrogen) atoms. The van der Waals surface area contributed by atoms with Crippen LogP contribution in [0.5, 0.6) is 0 Å². The first-order valence-corrected chi connectivity index (χ1v) is 10.7. The van der Waals surface area contributed by atoms with Crippen LogP contribution >= 0.6 is 0 Å². The number of carbonyl (C=O) groups is 1. The zero-order chi connectivity index (χ0) is 20.9. The fourth-order valence-electron chi connectivity index (χ4n) is 4.07. The minimum Gasteiger partial charge on any atom is -0.339 e. The highest BCUT2D eigenvalue weighted by Gasteiger charge is 2.23. The maximum atomic E-state index is 12.9. The van der Waals surface area contributed by atoms with E-state index in [1.165, 1.54) is 24.8 Å². The van der Waals surface area contributed by atoms with Gasteiger partial charge in [0.1, 0.15) is 0 Å². The first kappa shape index (κ1) is 20.1. The van der Waals surface area contributed by atoms with Gasteiger partial charge in [0.15, 0.2) is 5.82 Å². The van der Waals surface area contributed by atoms with Gasteiger partial charge < -0.3 is 10.2 Å². The molecule has 1 saturated carbocycles. The molecule has 1 aromatic heterocycles. The van der Waals surface area contributed by atoms with Gasteiger partial charge in [-0.05, 0) is 56.2 Å². The van der Waals surface area contributed by atoms with E-state index in [4.69, 9.17) is 0 Å². The normalized spacial score (nSPS) is 14.3. The molecular weight excluding hydrogens is 372 g/mol. The summed E-state index contributed by atoms with van der Waals surface area (Å²) in [5, 5.41) is 11.9. The maximum absolute atomic E-state index is 12.9. The predicted octanol–water partition coefficient (Wildman–Crippen LogP) is 5.60. The van der Waals surface area contributed by atoms with Crippen LogP contribution in [0.3, 0.4) is 0 Å². The monoisotopic (exact) mass is 400 g/mol. The van der Waals surface area contributed by atoms with Crippen LogP contribution in [-0.2, 0) is 0 Å². The van der Waals surface area contributed by atoms with Crippen molar-refractivity contribution in [1.29, 1.82) is 0 Å². The molecule has 0 aliphatic heterocycles. The number of nitrogens with one attached hydrogen (secondary N) is 1. The van der Waals surface area contributed by atoms with Crippen LogP contribution in [0.1, 0.15) is 48.0 Å². The van der Waals surface area contributed by atoms with Crippen molar-refractivity contribution in [3.63, 3.8) is 0 Å². The molecule has 2 aromatic carbocycles. The number of rotatable bonds is 5. The van der Waals surface area contributed by atoms with Crippen molar-refractivity contribution in [2.45, 2.75) is 45.1 Å². The Labute approximate surface area is 178 Å². The third-order valence-electron chi connectivity index (χ3n) is 5.80. The van der Waals surface area contributed by atoms with E-state index in [1.54, 1.807) is 0 Å². The molecule has 0 saturated heterocycles. The Morgan fingerprint density at radius 1 is 0.967 bits per heavy atom. The minimum absolute atomic E-state index is 0.0754. The number of carbonyl (C=O) groups excluding carboxylic acids is 1. The van der Waals surface area contributed by atoms with Crippen molar-refractivity contribution in [2.75, 3.05) is 12.4 Å². The van der Waals surface area contributed by atoms with E-state index in [1.807, 2.05) is 60.5 Å². The standard InChI is InChI=1S/C25H28N4O/c1-18-8-6-9-19(16-18)23-14-15-24(28-27-23)26-21-11-7-10-20(17-21)25(30)29(2)22-12-4-3-5-13-22/h6-11,14-17,22H,3-5,12-13H2,1-2H3,(H,26,28). The van der Waals surface area contributed by atoms with Crippen LogP contribution in [0, 0.1) is 6.92 Å². The summed E-state index contributed by atoms with van der Waals surface area (Å²) in [6.45, 7) is 2.06. The van der Waals surface area contributed by atoms with E-state index in [-0.39, 0.29) is 5.91 Å². The molecule has 0 spiro atoms. The summed E-state index contributed by atoms with van der Waals surface area (Å²) in [7, 11) is 1.92. The summed E-state index contributed by atoms with van der Waals surface area (Å²) in [6.07, 6.45) is 5.90. The van der Waals surface area contributed by atoms with Crippen molar-refractivity contribution in [2.24, 2.45) is 0 Å². The molecular formula is C25H28N4O. The number of aromatic nitrogens is 2. The molecule has 1 fully saturated rings. The molecule has 1 N–H and O–H groups in total. The van der Waals surface area contributed by atoms with E-state index in [9.17, 15) is 4.79 Å². The zero-order valence-electron chi connectivity index (χ0n) is 17.6. The number of hydrogen-bond acceptors (Lipinski definition) is 4. The Balaban J connectivity index is 1.45. The van der Waals surface area contributed by atoms with Crippen molar-refractivity contribution in [3.8, 4) is 11.3 Å². The second-order valence-corrected chi connectivity index (χ2v) is 8.09. The summed E-state index contributed by atoms with van der Waals surface area (Å²) in [5.41, 5.74) is 4.60. The molecule has 4 rings (SSSR count). The van der Waals surface area contributed by atoms with Crippen molar-refractivity contribution < 1.29 is 4.79 Å². The van der Waals surface area contributed by atoms with Crippen LogP contribution in [0.25, 0.3) is 11.3 Å². The molecule has 154 valence electrons. The van der Waals surface area contributed by atoms with Crippen LogP contribution in [-0.4, -0.2) is 34.1 Å². The highest BCUT2D eigenvalue weighted by molar-refractivity contribution is 5.95. The lowest BCUT2D eigenvalue weighted by Gasteiger charge is -2.31. The second-order valence-electron chi connectivity index (χ2n) is 8.09. The van der Waals surface area contributed by atoms with Crippen molar-refractivity contribution in [1.82, 2.24) is 15.1 Å². The van der Waals surface area contributed by atoms with Gasteiger partial charge in [-0.1, -0.05) is 49.1 Å². The van der Waals surface area contributed by atoms with E-state index >= 15 is 0 Å². The molecule has 0 atom stereocenters. The first-order valence-electron chi connectivity index (χ1n) is 10.7. The third-order valence-corrected chi connectivity index (χ3v) is 5.80. The first-order chi connectivity index (χ1) is 14.6. The van der Waals surface area contributed by atoms with Crippen LogP contribution in [0.2, 0.25) is 0 Å². The van der Waals surface area contributed by atoms with Crippen LogP contribution < -0.4 is 5.32 Å². The van der Waals surface area contributed by atoms with Gasteiger partial charge in [0.2, 0.25) is 0 Å². The topological polar surface area (TPSA) is 58.1 Å². The van der Waals surface area contributed by atoms with E-state index in [0.29, 0.717) is 17.4 Å². The number of anilines is 2. The molecule has 0 bridgehead atoms. The largest absolute Gasteiger partial charge is 0.339 e. The molecule has 5 nitrogen and oxygen atoms in total. The number of amides is 1. The van der Waals surface area contributed by atoms with Crippen LogP contribution in [0.15, 0.2) is 60.7 Å². The molecule has 1 amide bonds. The lowest BCUT2D eigenvalue weighted by molar-refractivity contribution is 0.0696. The van der Waals surface area contributed by atoms with Crippen LogP contribution in [0.4, 0.5) is 11.5 Å². The zero-order valence-corrected chi connectivity index (χ0v) is 17.6. The number of benzene rings is 2. The Bertz CT molecular complexity index is 1010. The van der Waals surface area contributed by atoms with Gasteiger partial charge in [0.05, 0.1) is 5.69 Å². The Kier molecular flexibility index (Phi) is 6.07. The average molecular weight is 401 g/mol. The molecule has 5 heteroatoms. The smallest absolute Gasteiger partial charge is 0.253 e. The van der Waals surface area contributed by atoms with Gasteiger partial charge in [0, 0.05) is 29.9 Å². The quantitative estimate of drug-likeness (QED) is 0.606. The predicted molar refractivity (Wildman–Crippen MR) is 121 cm³/mol. The summed E-state index contributed by atoms with van der Waals surface area (Å²) in [4.78, 5) is 14.9. The Hall–Kier alpha value is -3.21. The highest BCUT2D eigenvalue weighted by Crippen LogP contribution is 2.24. The van der Waals surface area contributed by atoms with Gasteiger partial charge >= 0.3 is 0 Å². The van der Waals surface area contributed by atoms with E-state index in [0.717, 1.165) is 29.8 Å². The number of hydrogen-bond donors (Lipinski definition) is 1. The number of aryl methyl sites for hydroxylation is 1. The Morgan fingerprint density at radius 3 is 2.50 bits per heavy atom. The SMILES string of the molecule is Cc1cccc(-c2ccc(Nc3cccc(C(=O)N(C)C4CCCCC4)c3)nn2)c1. The van der Waals surface area contributed by atoms with Gasteiger partial charge in [0.25, 0.3) is 5.91 Å². The lowest BCUT2D eigenvalue weighted by atomic mass is 9.94. The van der Waals surface area contributed by atoms with Crippen molar-refractivity contribution in [3.05, 3.63) is 71.8 Å². The van der Waals surface area contributed by atoms with E-state index in [2.05, 4.69) is 34.6 Å². The molecule has 0 radical (unpaired) electrons. The summed E-state index contributed by atoms with van der Waals surface area (Å²) < 4.78 is 0. The fourth-order valence-corrected chi connectivity index (χ4v) is 4.07. The van der Waals surface area contributed by atoms with Crippen molar-refractivity contribution >= 4 is 17.4 Å². The lowest BCUT2D eigenvalue weighted by Crippen LogP contribution is -2.38. The molecule has 1 aliphatic rings. The number of nitrogens with zero attached hydrogens (tertiary/aromatic N) is 3. The second kappa shape index (κ2) is 9.08. The summed E-state index contributed by atoms with van der Waals surface area (Å²) >= 11 is 0. The third kappa shape index (κ3) is 4.67. The van der Waals surface area contributed by atoms with Gasteiger partial charge in [-0.3, -0.25) is 4.79 Å².